The van der Waals surface area contributed by atoms with E-state index in [1.54, 1.807) is 0 Å². The standard InChI is InChI=1S/C13H24ClN3/c1-6-11-13(14)12(17(5)16-11)7-10(4)8-15-9(2)3/h9-10,15H,6-8H2,1-5H3. The van der Waals surface area contributed by atoms with Crippen molar-refractivity contribution in [1.82, 2.24) is 15.1 Å². The molecule has 0 aliphatic rings. The van der Waals surface area contributed by atoms with Crippen molar-refractivity contribution in [2.75, 3.05) is 6.54 Å². The van der Waals surface area contributed by atoms with Crippen molar-refractivity contribution < 1.29 is 0 Å². The molecule has 0 aliphatic heterocycles. The minimum Gasteiger partial charge on any atom is -0.314 e. The fourth-order valence-electron chi connectivity index (χ4n) is 1.88. The third-order valence-corrected chi connectivity index (χ3v) is 3.36. The van der Waals surface area contributed by atoms with E-state index in [1.807, 2.05) is 11.7 Å². The largest absolute Gasteiger partial charge is 0.314 e. The minimum atomic E-state index is 0.533. The maximum atomic E-state index is 6.33. The van der Waals surface area contributed by atoms with E-state index in [-0.39, 0.29) is 0 Å². The van der Waals surface area contributed by atoms with Crippen molar-refractivity contribution in [1.29, 1.82) is 0 Å². The van der Waals surface area contributed by atoms with Crippen LogP contribution in [0.1, 0.15) is 39.1 Å². The maximum Gasteiger partial charge on any atom is 0.0849 e. The van der Waals surface area contributed by atoms with Crippen LogP contribution in [0.4, 0.5) is 0 Å². The molecule has 0 aliphatic carbocycles. The lowest BCUT2D eigenvalue weighted by Crippen LogP contribution is -2.29. The summed E-state index contributed by atoms with van der Waals surface area (Å²) < 4.78 is 1.92. The van der Waals surface area contributed by atoms with Gasteiger partial charge in [-0.05, 0) is 25.3 Å². The normalized spacial score (nSPS) is 13.4. The number of hydrogen-bond acceptors (Lipinski definition) is 2. The summed E-state index contributed by atoms with van der Waals surface area (Å²) in [6.07, 6.45) is 1.87. The van der Waals surface area contributed by atoms with Crippen LogP contribution in [0.3, 0.4) is 0 Å². The fraction of sp³-hybridized carbons (Fsp3) is 0.769. The van der Waals surface area contributed by atoms with Gasteiger partial charge in [0.2, 0.25) is 0 Å². The van der Waals surface area contributed by atoms with Crippen LogP contribution in [0, 0.1) is 5.92 Å². The summed E-state index contributed by atoms with van der Waals surface area (Å²) >= 11 is 6.33. The lowest BCUT2D eigenvalue weighted by atomic mass is 10.0. The Balaban J connectivity index is 2.64. The third-order valence-electron chi connectivity index (χ3n) is 2.92. The average molecular weight is 258 g/mol. The Bertz CT molecular complexity index is 358. The highest BCUT2D eigenvalue weighted by atomic mass is 35.5. The van der Waals surface area contributed by atoms with Crippen LogP contribution in [-0.4, -0.2) is 22.4 Å². The molecule has 1 heterocycles. The van der Waals surface area contributed by atoms with E-state index in [0.29, 0.717) is 12.0 Å². The van der Waals surface area contributed by atoms with Crippen LogP contribution in [0.2, 0.25) is 5.02 Å². The van der Waals surface area contributed by atoms with Gasteiger partial charge in [0.05, 0.1) is 16.4 Å². The summed E-state index contributed by atoms with van der Waals surface area (Å²) in [5.41, 5.74) is 2.16. The van der Waals surface area contributed by atoms with Crippen LogP contribution >= 0.6 is 11.6 Å². The zero-order valence-corrected chi connectivity index (χ0v) is 12.3. The average Bonchev–Trinajstić information content (AvgIpc) is 2.53. The highest BCUT2D eigenvalue weighted by molar-refractivity contribution is 6.31. The van der Waals surface area contributed by atoms with Gasteiger partial charge in [0.25, 0.3) is 0 Å². The van der Waals surface area contributed by atoms with Gasteiger partial charge in [0.1, 0.15) is 0 Å². The number of rotatable bonds is 6. The molecule has 0 fully saturated rings. The van der Waals surface area contributed by atoms with Crippen LogP contribution in [-0.2, 0) is 19.9 Å². The maximum absolute atomic E-state index is 6.33. The van der Waals surface area contributed by atoms with E-state index in [0.717, 1.165) is 35.8 Å². The van der Waals surface area contributed by atoms with Crippen molar-refractivity contribution in [2.24, 2.45) is 13.0 Å². The second-order valence-corrected chi connectivity index (χ2v) is 5.43. The lowest BCUT2D eigenvalue weighted by Gasteiger charge is -2.15. The second kappa shape index (κ2) is 6.41. The van der Waals surface area contributed by atoms with Crippen molar-refractivity contribution >= 4 is 11.6 Å². The molecule has 1 aromatic rings. The number of nitrogens with zero attached hydrogens (tertiary/aromatic N) is 2. The number of halogens is 1. The van der Waals surface area contributed by atoms with Gasteiger partial charge in [0.15, 0.2) is 0 Å². The number of nitrogens with one attached hydrogen (secondary N) is 1. The van der Waals surface area contributed by atoms with Gasteiger partial charge in [-0.3, -0.25) is 4.68 Å². The van der Waals surface area contributed by atoms with Crippen LogP contribution in [0.25, 0.3) is 0 Å². The molecule has 1 rings (SSSR count). The number of aromatic nitrogens is 2. The molecule has 0 amide bonds. The van der Waals surface area contributed by atoms with Gasteiger partial charge in [-0.25, -0.2) is 0 Å². The summed E-state index contributed by atoms with van der Waals surface area (Å²) in [4.78, 5) is 0. The highest BCUT2D eigenvalue weighted by Crippen LogP contribution is 2.23. The SMILES string of the molecule is CCc1nn(C)c(CC(C)CNC(C)C)c1Cl. The second-order valence-electron chi connectivity index (χ2n) is 5.06. The first-order valence-electron chi connectivity index (χ1n) is 6.39. The Morgan fingerprint density at radius 1 is 1.35 bits per heavy atom. The molecular formula is C13H24ClN3. The van der Waals surface area contributed by atoms with Crippen molar-refractivity contribution in [3.63, 3.8) is 0 Å². The molecule has 4 heteroatoms. The molecule has 0 saturated heterocycles. The number of hydrogen-bond donors (Lipinski definition) is 1. The van der Waals surface area contributed by atoms with Crippen LogP contribution in [0.15, 0.2) is 0 Å². The first-order chi connectivity index (χ1) is 7.95. The quantitative estimate of drug-likeness (QED) is 0.849. The highest BCUT2D eigenvalue weighted by Gasteiger charge is 2.15. The van der Waals surface area contributed by atoms with E-state index in [4.69, 9.17) is 11.6 Å². The van der Waals surface area contributed by atoms with E-state index >= 15 is 0 Å². The van der Waals surface area contributed by atoms with Crippen LogP contribution < -0.4 is 5.32 Å². The van der Waals surface area contributed by atoms with Gasteiger partial charge < -0.3 is 5.32 Å². The Hall–Kier alpha value is -0.540. The van der Waals surface area contributed by atoms with Gasteiger partial charge >= 0.3 is 0 Å². The predicted molar refractivity (Wildman–Crippen MR) is 73.6 cm³/mol. The van der Waals surface area contributed by atoms with Gasteiger partial charge in [-0.2, -0.15) is 5.10 Å². The summed E-state index contributed by atoms with van der Waals surface area (Å²) in [5, 5.41) is 8.75. The summed E-state index contributed by atoms with van der Waals surface area (Å²) in [5.74, 6) is 0.565. The van der Waals surface area contributed by atoms with Crippen molar-refractivity contribution in [3.8, 4) is 0 Å². The predicted octanol–water partition coefficient (Wildman–Crippen LogP) is 2.81. The molecule has 0 radical (unpaired) electrons. The van der Waals surface area contributed by atoms with E-state index in [9.17, 15) is 0 Å². The summed E-state index contributed by atoms with van der Waals surface area (Å²) in [7, 11) is 1.98. The van der Waals surface area contributed by atoms with Crippen molar-refractivity contribution in [2.45, 2.75) is 46.6 Å². The molecular weight excluding hydrogens is 234 g/mol. The van der Waals surface area contributed by atoms with E-state index in [2.05, 4.69) is 38.1 Å². The van der Waals surface area contributed by atoms with E-state index in [1.165, 1.54) is 0 Å². The molecule has 0 bridgehead atoms. The lowest BCUT2D eigenvalue weighted by molar-refractivity contribution is 0.465. The Morgan fingerprint density at radius 3 is 2.47 bits per heavy atom. The Labute approximate surface area is 110 Å². The number of aryl methyl sites for hydroxylation is 2. The molecule has 0 aromatic carbocycles. The van der Waals surface area contributed by atoms with Crippen LogP contribution in [0.5, 0.6) is 0 Å². The third kappa shape index (κ3) is 4.00. The smallest absolute Gasteiger partial charge is 0.0849 e. The fourth-order valence-corrected chi connectivity index (χ4v) is 2.25. The molecule has 98 valence electrons. The minimum absolute atomic E-state index is 0.533. The molecule has 1 N–H and O–H groups in total. The topological polar surface area (TPSA) is 29.9 Å². The molecule has 1 aromatic heterocycles. The molecule has 3 nitrogen and oxygen atoms in total. The van der Waals surface area contributed by atoms with Gasteiger partial charge in [-0.15, -0.1) is 0 Å². The van der Waals surface area contributed by atoms with Gasteiger partial charge in [-0.1, -0.05) is 39.3 Å². The van der Waals surface area contributed by atoms with Gasteiger partial charge in [0, 0.05) is 13.1 Å². The molecule has 1 atom stereocenters. The summed E-state index contributed by atoms with van der Waals surface area (Å²) in [6, 6.07) is 0.533. The first kappa shape index (κ1) is 14.5. The first-order valence-corrected chi connectivity index (χ1v) is 6.77. The summed E-state index contributed by atoms with van der Waals surface area (Å²) in [6.45, 7) is 9.67. The Kier molecular flexibility index (Phi) is 5.47. The van der Waals surface area contributed by atoms with Crippen molar-refractivity contribution in [3.05, 3.63) is 16.4 Å². The molecule has 1 unspecified atom stereocenters. The molecule has 17 heavy (non-hydrogen) atoms. The molecule has 0 spiro atoms. The monoisotopic (exact) mass is 257 g/mol. The zero-order valence-electron chi connectivity index (χ0n) is 11.5. The van der Waals surface area contributed by atoms with E-state index < -0.39 is 0 Å². The molecule has 0 saturated carbocycles. The zero-order chi connectivity index (χ0) is 13.0. The Morgan fingerprint density at radius 2 is 2.00 bits per heavy atom.